The molecule has 21 heavy (non-hydrogen) atoms. The molecule has 1 aromatic rings. The van der Waals surface area contributed by atoms with Crippen molar-refractivity contribution >= 4 is 38.6 Å². The first-order chi connectivity index (χ1) is 10.0. The normalized spacial score (nSPS) is 14.9. The Kier molecular flexibility index (Phi) is 8.20. The zero-order valence-corrected chi connectivity index (χ0v) is 15.0. The molecular formula is C17H18Br2N2. The van der Waals surface area contributed by atoms with Gasteiger partial charge in [0, 0.05) is 21.2 Å². The summed E-state index contributed by atoms with van der Waals surface area (Å²) in [5.41, 5.74) is 8.44. The van der Waals surface area contributed by atoms with Gasteiger partial charge in [0.25, 0.3) is 0 Å². The molecule has 0 aliphatic rings. The van der Waals surface area contributed by atoms with E-state index in [4.69, 9.17) is 5.73 Å². The molecular weight excluding hydrogens is 392 g/mol. The van der Waals surface area contributed by atoms with Gasteiger partial charge in [-0.1, -0.05) is 64.0 Å². The van der Waals surface area contributed by atoms with Gasteiger partial charge in [-0.05, 0) is 47.3 Å². The number of hydrogen-bond donors (Lipinski definition) is 1. The van der Waals surface area contributed by atoms with E-state index in [2.05, 4.69) is 62.6 Å². The van der Waals surface area contributed by atoms with Crippen LogP contribution in [-0.2, 0) is 0 Å². The minimum absolute atomic E-state index is 0.103. The minimum Gasteiger partial charge on any atom is -0.321 e. The molecule has 0 saturated heterocycles. The third-order valence-electron chi connectivity index (χ3n) is 2.60. The second kappa shape index (κ2) is 9.66. The Hall–Kier alpha value is -1.23. The summed E-state index contributed by atoms with van der Waals surface area (Å²) in [5.74, 6) is 0. The minimum atomic E-state index is -0.103. The zero-order valence-electron chi connectivity index (χ0n) is 11.8. The fourth-order valence-corrected chi connectivity index (χ4v) is 2.72. The first kappa shape index (κ1) is 17.8. The van der Waals surface area contributed by atoms with Crippen LogP contribution in [0.15, 0.2) is 74.8 Å². The van der Waals surface area contributed by atoms with Crippen LogP contribution < -0.4 is 5.73 Å². The third kappa shape index (κ3) is 7.37. The van der Waals surface area contributed by atoms with E-state index in [0.29, 0.717) is 0 Å². The van der Waals surface area contributed by atoms with Crippen LogP contribution in [0.25, 0.3) is 0 Å². The Morgan fingerprint density at radius 2 is 2.05 bits per heavy atom. The lowest BCUT2D eigenvalue weighted by Gasteiger charge is -2.07. The van der Waals surface area contributed by atoms with Gasteiger partial charge in [-0.25, -0.2) is 0 Å². The van der Waals surface area contributed by atoms with Crippen LogP contribution >= 0.6 is 31.9 Å². The van der Waals surface area contributed by atoms with Crippen molar-refractivity contribution in [3.05, 3.63) is 80.9 Å². The molecule has 0 saturated carbocycles. The van der Waals surface area contributed by atoms with Crippen molar-refractivity contribution in [2.75, 3.05) is 0 Å². The number of allylic oxidation sites excluding steroid dienone is 6. The van der Waals surface area contributed by atoms with E-state index in [1.54, 1.807) is 6.20 Å². The van der Waals surface area contributed by atoms with Crippen LogP contribution in [0, 0.1) is 6.92 Å². The van der Waals surface area contributed by atoms with Gasteiger partial charge in [0.15, 0.2) is 0 Å². The highest BCUT2D eigenvalue weighted by Crippen LogP contribution is 2.16. The van der Waals surface area contributed by atoms with Crippen molar-refractivity contribution in [2.24, 2.45) is 10.7 Å². The van der Waals surface area contributed by atoms with Gasteiger partial charge >= 0.3 is 0 Å². The van der Waals surface area contributed by atoms with Gasteiger partial charge in [-0.2, -0.15) is 0 Å². The molecule has 0 amide bonds. The summed E-state index contributed by atoms with van der Waals surface area (Å²) in [6, 6.07) is 8.11. The number of aliphatic imine (C=N–C) groups is 1. The molecule has 1 rings (SSSR count). The molecule has 110 valence electrons. The fraction of sp³-hybridized carbons (Fsp3) is 0.118. The molecule has 0 radical (unpaired) electrons. The molecule has 4 heteroatoms. The molecule has 0 fully saturated rings. The van der Waals surface area contributed by atoms with E-state index in [1.165, 1.54) is 5.56 Å². The number of aryl methyl sites for hydroxylation is 1. The van der Waals surface area contributed by atoms with Gasteiger partial charge in [0.1, 0.15) is 0 Å². The lowest BCUT2D eigenvalue weighted by Crippen LogP contribution is -2.06. The molecule has 0 aliphatic carbocycles. The number of rotatable bonds is 6. The van der Waals surface area contributed by atoms with Crippen molar-refractivity contribution in [3.8, 4) is 0 Å². The second-order valence-electron chi connectivity index (χ2n) is 4.41. The largest absolute Gasteiger partial charge is 0.321 e. The number of benzene rings is 1. The Bertz CT molecular complexity index is 599. The third-order valence-corrected chi connectivity index (χ3v) is 3.53. The maximum Gasteiger partial charge on any atom is 0.0484 e. The summed E-state index contributed by atoms with van der Waals surface area (Å²) >= 11 is 6.80. The summed E-state index contributed by atoms with van der Waals surface area (Å²) in [6.45, 7) is 5.45. The van der Waals surface area contributed by atoms with Crippen molar-refractivity contribution in [3.63, 3.8) is 0 Å². The first-order valence-corrected chi connectivity index (χ1v) is 7.97. The summed E-state index contributed by atoms with van der Waals surface area (Å²) in [6.07, 6.45) is 11.3. The molecule has 0 bridgehead atoms. The van der Waals surface area contributed by atoms with Crippen molar-refractivity contribution in [1.82, 2.24) is 0 Å². The van der Waals surface area contributed by atoms with Gasteiger partial charge in [-0.3, -0.25) is 4.99 Å². The standard InChI is InChI=1S/C17H18Br2N2/c1-13-6-5-7-14(10-13)17(20)9-4-3-8-15(18)11-16(19)12-21-2/h3-12,17H,2,20H2,1H3/b8-3+,9-4+,15-11+,16-12+. The maximum atomic E-state index is 6.12. The summed E-state index contributed by atoms with van der Waals surface area (Å²) in [4.78, 5) is 3.67. The predicted molar refractivity (Wildman–Crippen MR) is 100.0 cm³/mol. The van der Waals surface area contributed by atoms with Gasteiger partial charge < -0.3 is 5.73 Å². The molecule has 1 atom stereocenters. The number of nitrogens with zero attached hydrogens (tertiary/aromatic N) is 1. The number of nitrogens with two attached hydrogens (primary N) is 1. The molecule has 0 heterocycles. The topological polar surface area (TPSA) is 38.4 Å². The average molecular weight is 410 g/mol. The lowest BCUT2D eigenvalue weighted by molar-refractivity contribution is 0.909. The Morgan fingerprint density at radius 1 is 1.29 bits per heavy atom. The monoisotopic (exact) mass is 408 g/mol. The summed E-state index contributed by atoms with van der Waals surface area (Å²) in [5, 5.41) is 0. The second-order valence-corrected chi connectivity index (χ2v) is 6.24. The molecule has 1 unspecified atom stereocenters. The number of hydrogen-bond acceptors (Lipinski definition) is 2. The Morgan fingerprint density at radius 3 is 2.71 bits per heavy atom. The smallest absolute Gasteiger partial charge is 0.0484 e. The number of halogens is 2. The van der Waals surface area contributed by atoms with E-state index in [9.17, 15) is 0 Å². The Balaban J connectivity index is 2.63. The van der Waals surface area contributed by atoms with Crippen LogP contribution in [0.3, 0.4) is 0 Å². The first-order valence-electron chi connectivity index (χ1n) is 6.38. The molecule has 0 aliphatic heterocycles. The average Bonchev–Trinajstić information content (AvgIpc) is 2.43. The van der Waals surface area contributed by atoms with E-state index >= 15 is 0 Å². The Labute approximate surface area is 143 Å². The lowest BCUT2D eigenvalue weighted by atomic mass is 10.0. The molecule has 1 aromatic carbocycles. The van der Waals surface area contributed by atoms with Crippen LogP contribution in [0.2, 0.25) is 0 Å². The van der Waals surface area contributed by atoms with Crippen LogP contribution in [0.5, 0.6) is 0 Å². The fourth-order valence-electron chi connectivity index (χ4n) is 1.62. The summed E-state index contributed by atoms with van der Waals surface area (Å²) in [7, 11) is 0. The highest BCUT2D eigenvalue weighted by molar-refractivity contribution is 9.12. The van der Waals surface area contributed by atoms with Gasteiger partial charge in [-0.15, -0.1) is 0 Å². The quantitative estimate of drug-likeness (QED) is 0.500. The van der Waals surface area contributed by atoms with Crippen LogP contribution in [-0.4, -0.2) is 6.72 Å². The maximum absolute atomic E-state index is 6.12. The molecule has 2 N–H and O–H groups in total. The molecule has 2 nitrogen and oxygen atoms in total. The predicted octanol–water partition coefficient (Wildman–Crippen LogP) is 5.32. The van der Waals surface area contributed by atoms with E-state index in [1.807, 2.05) is 42.5 Å². The molecule has 0 spiro atoms. The van der Waals surface area contributed by atoms with Crippen molar-refractivity contribution in [2.45, 2.75) is 13.0 Å². The van der Waals surface area contributed by atoms with E-state index < -0.39 is 0 Å². The zero-order chi connectivity index (χ0) is 15.7. The molecule has 0 aromatic heterocycles. The van der Waals surface area contributed by atoms with Crippen molar-refractivity contribution in [1.29, 1.82) is 0 Å². The highest BCUT2D eigenvalue weighted by Gasteiger charge is 2.00. The van der Waals surface area contributed by atoms with Crippen LogP contribution in [0.1, 0.15) is 17.2 Å². The van der Waals surface area contributed by atoms with Gasteiger partial charge in [0.05, 0.1) is 0 Å². The highest BCUT2D eigenvalue weighted by atomic mass is 79.9. The summed E-state index contributed by atoms with van der Waals surface area (Å²) < 4.78 is 1.76. The van der Waals surface area contributed by atoms with Gasteiger partial charge in [0.2, 0.25) is 0 Å². The van der Waals surface area contributed by atoms with Crippen LogP contribution in [0.4, 0.5) is 0 Å². The van der Waals surface area contributed by atoms with E-state index in [0.717, 1.165) is 14.5 Å². The van der Waals surface area contributed by atoms with E-state index in [-0.39, 0.29) is 6.04 Å². The SMILES string of the molecule is C=N\C=C(Br)/C=C(Br)\C=C\C=C\C(N)c1cccc(C)c1. The van der Waals surface area contributed by atoms with Crippen molar-refractivity contribution < 1.29 is 0 Å².